The normalized spacial score (nSPS) is 14.6. The highest BCUT2D eigenvalue weighted by Gasteiger charge is 2.20. The third-order valence-corrected chi connectivity index (χ3v) is 3.76. The minimum Gasteiger partial charge on any atom is -0.323 e. The first-order valence-electron chi connectivity index (χ1n) is 5.98. The van der Waals surface area contributed by atoms with E-state index in [4.69, 9.17) is 17.4 Å². The highest BCUT2D eigenvalue weighted by Crippen LogP contribution is 2.35. The van der Waals surface area contributed by atoms with Crippen molar-refractivity contribution in [3.63, 3.8) is 0 Å². The first-order chi connectivity index (χ1) is 8.72. The minimum atomic E-state index is -0.473. The Morgan fingerprint density at radius 1 is 1.28 bits per heavy atom. The highest BCUT2D eigenvalue weighted by molar-refractivity contribution is 6.31. The second-order valence-corrected chi connectivity index (χ2v) is 4.93. The van der Waals surface area contributed by atoms with Gasteiger partial charge in [-0.15, -0.1) is 0 Å². The van der Waals surface area contributed by atoms with Crippen LogP contribution < -0.4 is 11.3 Å². The van der Waals surface area contributed by atoms with E-state index in [1.165, 1.54) is 6.07 Å². The molecule has 0 saturated heterocycles. The molecule has 1 aromatic heterocycles. The van der Waals surface area contributed by atoms with Gasteiger partial charge in [-0.05, 0) is 43.4 Å². The van der Waals surface area contributed by atoms with Crippen molar-refractivity contribution in [3.05, 3.63) is 34.2 Å². The Morgan fingerprint density at radius 2 is 2.06 bits per heavy atom. The molecule has 0 atom stereocenters. The molecular weight excluding hydrogens is 253 g/mol. The molecule has 0 fully saturated rings. The van der Waals surface area contributed by atoms with E-state index >= 15 is 0 Å². The summed E-state index contributed by atoms with van der Waals surface area (Å²) in [4.78, 5) is 4.43. The molecule has 0 bridgehead atoms. The number of hydrogen-bond donors (Lipinski definition) is 2. The van der Waals surface area contributed by atoms with Crippen LogP contribution in [-0.4, -0.2) is 4.98 Å². The Hall–Kier alpha value is -1.39. The van der Waals surface area contributed by atoms with E-state index in [-0.39, 0.29) is 5.02 Å². The Bertz CT molecular complexity index is 627. The predicted molar refractivity (Wildman–Crippen MR) is 71.2 cm³/mol. The molecule has 1 heterocycles. The summed E-state index contributed by atoms with van der Waals surface area (Å²) in [6.07, 6.45) is 4.00. The number of nitrogens with one attached hydrogen (secondary N) is 1. The molecule has 3 N–H and O–H groups in total. The van der Waals surface area contributed by atoms with Crippen LogP contribution in [0.2, 0.25) is 5.02 Å². The van der Waals surface area contributed by atoms with Gasteiger partial charge in [0.25, 0.3) is 0 Å². The first kappa shape index (κ1) is 11.7. The fraction of sp³-hybridized carbons (Fsp3) is 0.308. The average molecular weight is 266 g/mol. The van der Waals surface area contributed by atoms with Crippen molar-refractivity contribution < 1.29 is 4.39 Å². The molecule has 0 amide bonds. The van der Waals surface area contributed by atoms with E-state index in [2.05, 4.69) is 10.4 Å². The number of fused-ring (bicyclic) bond motifs is 2. The van der Waals surface area contributed by atoms with Crippen LogP contribution in [0.15, 0.2) is 12.1 Å². The lowest BCUT2D eigenvalue weighted by Gasteiger charge is -2.20. The van der Waals surface area contributed by atoms with Crippen LogP contribution in [-0.2, 0) is 12.8 Å². The van der Waals surface area contributed by atoms with E-state index in [1.54, 1.807) is 6.07 Å². The van der Waals surface area contributed by atoms with Gasteiger partial charge in [0.1, 0.15) is 5.52 Å². The van der Waals surface area contributed by atoms with Crippen LogP contribution in [0.1, 0.15) is 24.1 Å². The smallest absolute Gasteiger partial charge is 0.168 e. The van der Waals surface area contributed by atoms with Gasteiger partial charge < -0.3 is 5.43 Å². The monoisotopic (exact) mass is 265 g/mol. The Kier molecular flexibility index (Phi) is 2.84. The van der Waals surface area contributed by atoms with Gasteiger partial charge in [0.05, 0.1) is 10.7 Å². The maximum atomic E-state index is 14.0. The summed E-state index contributed by atoms with van der Waals surface area (Å²) in [6.45, 7) is 0. The van der Waals surface area contributed by atoms with E-state index in [9.17, 15) is 4.39 Å². The van der Waals surface area contributed by atoms with E-state index in [0.717, 1.165) is 42.6 Å². The quantitative estimate of drug-likeness (QED) is 0.615. The van der Waals surface area contributed by atoms with Crippen LogP contribution in [0, 0.1) is 5.82 Å². The molecule has 0 radical (unpaired) electrons. The lowest BCUT2D eigenvalue weighted by atomic mass is 9.93. The number of aryl methyl sites for hydroxylation is 1. The summed E-state index contributed by atoms with van der Waals surface area (Å²) in [5.74, 6) is 5.12. The molecule has 1 aromatic carbocycles. The van der Waals surface area contributed by atoms with Crippen LogP contribution >= 0.6 is 11.6 Å². The summed E-state index contributed by atoms with van der Waals surface area (Å²) < 4.78 is 14.0. The summed E-state index contributed by atoms with van der Waals surface area (Å²) in [5, 5.41) is 0.786. The van der Waals surface area contributed by atoms with Crippen molar-refractivity contribution in [3.8, 4) is 0 Å². The van der Waals surface area contributed by atoms with Crippen LogP contribution in [0.25, 0.3) is 10.9 Å². The van der Waals surface area contributed by atoms with Crippen molar-refractivity contribution in [2.45, 2.75) is 25.7 Å². The van der Waals surface area contributed by atoms with Gasteiger partial charge in [-0.25, -0.2) is 9.37 Å². The van der Waals surface area contributed by atoms with Gasteiger partial charge in [0, 0.05) is 11.1 Å². The number of nitrogens with two attached hydrogens (primary N) is 1. The standard InChI is InChI=1S/C13H13ClFN3/c14-9-6-5-8-12(18-16)7-3-1-2-4-10(7)17-13(8)11(9)15/h5-6H,1-4,16H2,(H,17,18). The first-order valence-corrected chi connectivity index (χ1v) is 6.36. The van der Waals surface area contributed by atoms with Crippen LogP contribution in [0.3, 0.4) is 0 Å². The zero-order valence-electron chi connectivity index (χ0n) is 9.76. The summed E-state index contributed by atoms with van der Waals surface area (Å²) in [5.41, 5.74) is 5.82. The SMILES string of the molecule is NNc1c2c(nc3c(F)c(Cl)ccc13)CCCC2. The van der Waals surface area contributed by atoms with Crippen molar-refractivity contribution >= 4 is 28.2 Å². The van der Waals surface area contributed by atoms with Crippen molar-refractivity contribution in [2.24, 2.45) is 5.84 Å². The van der Waals surface area contributed by atoms with Gasteiger partial charge in [0.2, 0.25) is 0 Å². The molecule has 0 aliphatic heterocycles. The molecule has 3 nitrogen and oxygen atoms in total. The second kappa shape index (κ2) is 4.37. The van der Waals surface area contributed by atoms with Gasteiger partial charge >= 0.3 is 0 Å². The third-order valence-electron chi connectivity index (χ3n) is 3.47. The van der Waals surface area contributed by atoms with Crippen molar-refractivity contribution in [1.82, 2.24) is 4.98 Å². The van der Waals surface area contributed by atoms with Gasteiger partial charge in [0.15, 0.2) is 5.82 Å². The Balaban J connectivity index is 2.40. The maximum absolute atomic E-state index is 14.0. The number of nitrogens with zero attached hydrogens (tertiary/aromatic N) is 1. The van der Waals surface area contributed by atoms with Gasteiger partial charge in [-0.1, -0.05) is 11.6 Å². The largest absolute Gasteiger partial charge is 0.323 e. The summed E-state index contributed by atoms with van der Waals surface area (Å²) in [6, 6.07) is 3.30. The molecule has 0 saturated carbocycles. The Morgan fingerprint density at radius 3 is 2.83 bits per heavy atom. The number of anilines is 1. The fourth-order valence-electron chi connectivity index (χ4n) is 2.60. The number of pyridine rings is 1. The zero-order valence-corrected chi connectivity index (χ0v) is 10.5. The Labute approximate surface area is 109 Å². The molecular formula is C13H13ClFN3. The molecule has 1 aliphatic rings. The van der Waals surface area contributed by atoms with Crippen LogP contribution in [0.5, 0.6) is 0 Å². The van der Waals surface area contributed by atoms with Gasteiger partial charge in [-0.2, -0.15) is 0 Å². The molecule has 18 heavy (non-hydrogen) atoms. The molecule has 3 rings (SSSR count). The maximum Gasteiger partial charge on any atom is 0.168 e. The molecule has 94 valence electrons. The summed E-state index contributed by atoms with van der Waals surface area (Å²) in [7, 11) is 0. The topological polar surface area (TPSA) is 50.9 Å². The number of nitrogen functional groups attached to an aromatic ring is 1. The van der Waals surface area contributed by atoms with Crippen LogP contribution in [0.4, 0.5) is 10.1 Å². The lowest BCUT2D eigenvalue weighted by Crippen LogP contribution is -2.15. The molecule has 0 spiro atoms. The number of halogens is 2. The van der Waals surface area contributed by atoms with E-state index < -0.39 is 5.82 Å². The fourth-order valence-corrected chi connectivity index (χ4v) is 2.75. The predicted octanol–water partition coefficient (Wildman–Crippen LogP) is 3.19. The number of benzene rings is 1. The molecule has 5 heteroatoms. The van der Waals surface area contributed by atoms with Gasteiger partial charge in [-0.3, -0.25) is 5.84 Å². The lowest BCUT2D eigenvalue weighted by molar-refractivity contribution is 0.632. The average Bonchev–Trinajstić information content (AvgIpc) is 2.41. The second-order valence-electron chi connectivity index (χ2n) is 4.52. The third kappa shape index (κ3) is 1.64. The highest BCUT2D eigenvalue weighted by atomic mass is 35.5. The number of hydrogen-bond acceptors (Lipinski definition) is 3. The minimum absolute atomic E-state index is 0.0914. The van der Waals surface area contributed by atoms with E-state index in [0.29, 0.717) is 10.9 Å². The van der Waals surface area contributed by atoms with E-state index in [1.807, 2.05) is 0 Å². The number of rotatable bonds is 1. The number of aromatic nitrogens is 1. The van der Waals surface area contributed by atoms with Crippen molar-refractivity contribution in [2.75, 3.05) is 5.43 Å². The molecule has 0 unspecified atom stereocenters. The number of hydrazine groups is 1. The summed E-state index contributed by atoms with van der Waals surface area (Å²) >= 11 is 5.80. The van der Waals surface area contributed by atoms with Crippen molar-refractivity contribution in [1.29, 1.82) is 0 Å². The zero-order chi connectivity index (χ0) is 12.7. The molecule has 1 aliphatic carbocycles. The molecule has 2 aromatic rings.